The van der Waals surface area contributed by atoms with Crippen molar-refractivity contribution in [1.29, 1.82) is 0 Å². The molecule has 0 amide bonds. The zero-order valence-electron chi connectivity index (χ0n) is 10.8. The topological polar surface area (TPSA) is 38.7 Å². The zero-order valence-corrected chi connectivity index (χ0v) is 10.8. The maximum absolute atomic E-state index is 14.0. The first kappa shape index (κ1) is 13.8. The summed E-state index contributed by atoms with van der Waals surface area (Å²) in [6.07, 6.45) is 1.26. The van der Waals surface area contributed by atoms with Crippen molar-refractivity contribution in [1.82, 2.24) is 0 Å². The Morgan fingerprint density at radius 2 is 1.65 bits per heavy atom. The smallest absolute Gasteiger partial charge is 0.171 e. The number of aliphatic hydroxyl groups is 1. The molecule has 17 heavy (non-hydrogen) atoms. The molecule has 0 fully saturated rings. The highest BCUT2D eigenvalue weighted by Gasteiger charge is 2.20. The van der Waals surface area contributed by atoms with Crippen LogP contribution >= 0.6 is 0 Å². The maximum atomic E-state index is 14.0. The van der Waals surface area contributed by atoms with Gasteiger partial charge < -0.3 is 14.6 Å². The van der Waals surface area contributed by atoms with Crippen LogP contribution < -0.4 is 9.47 Å². The first-order valence-corrected chi connectivity index (χ1v) is 5.58. The van der Waals surface area contributed by atoms with E-state index in [0.29, 0.717) is 24.2 Å². The Bertz CT molecular complexity index is 402. The molecule has 0 unspecified atom stereocenters. The standard InChI is InChI=1S/C13H19FO3/c1-8-10(6-5-7-15)12(16-3)9(2)11(14)13(8)17-4/h15H,5-7H2,1-4H3. The summed E-state index contributed by atoms with van der Waals surface area (Å²) in [6.45, 7) is 3.57. The summed E-state index contributed by atoms with van der Waals surface area (Å²) in [7, 11) is 2.98. The Hall–Kier alpha value is -1.29. The van der Waals surface area contributed by atoms with Gasteiger partial charge in [0.25, 0.3) is 0 Å². The molecule has 0 bridgehead atoms. The van der Waals surface area contributed by atoms with E-state index in [-0.39, 0.29) is 18.2 Å². The minimum absolute atomic E-state index is 0.0985. The van der Waals surface area contributed by atoms with Crippen LogP contribution in [0.2, 0.25) is 0 Å². The molecule has 0 atom stereocenters. The molecule has 3 nitrogen and oxygen atoms in total. The second kappa shape index (κ2) is 5.87. The number of methoxy groups -OCH3 is 2. The predicted octanol–water partition coefficient (Wildman–Crippen LogP) is 2.38. The van der Waals surface area contributed by atoms with Gasteiger partial charge in [-0.25, -0.2) is 4.39 Å². The molecule has 0 aliphatic rings. The maximum Gasteiger partial charge on any atom is 0.171 e. The van der Waals surface area contributed by atoms with Gasteiger partial charge in [-0.2, -0.15) is 0 Å². The monoisotopic (exact) mass is 242 g/mol. The lowest BCUT2D eigenvalue weighted by atomic mass is 9.98. The van der Waals surface area contributed by atoms with E-state index in [4.69, 9.17) is 14.6 Å². The third-order valence-electron chi connectivity index (χ3n) is 2.93. The summed E-state index contributed by atoms with van der Waals surface area (Å²) in [4.78, 5) is 0. The van der Waals surface area contributed by atoms with Crippen LogP contribution in [-0.2, 0) is 6.42 Å². The second-order valence-corrected chi connectivity index (χ2v) is 3.94. The second-order valence-electron chi connectivity index (χ2n) is 3.94. The summed E-state index contributed by atoms with van der Waals surface area (Å²) in [5, 5.41) is 8.89. The number of aliphatic hydroxyl groups excluding tert-OH is 1. The quantitative estimate of drug-likeness (QED) is 0.861. The van der Waals surface area contributed by atoms with Gasteiger partial charge in [0.05, 0.1) is 14.2 Å². The van der Waals surface area contributed by atoms with Crippen molar-refractivity contribution < 1.29 is 19.0 Å². The highest BCUT2D eigenvalue weighted by Crippen LogP contribution is 2.37. The number of benzene rings is 1. The lowest BCUT2D eigenvalue weighted by Crippen LogP contribution is -2.05. The normalized spacial score (nSPS) is 10.5. The third-order valence-corrected chi connectivity index (χ3v) is 2.93. The van der Waals surface area contributed by atoms with Crippen LogP contribution in [0.15, 0.2) is 0 Å². The van der Waals surface area contributed by atoms with Gasteiger partial charge in [-0.15, -0.1) is 0 Å². The largest absolute Gasteiger partial charge is 0.496 e. The summed E-state index contributed by atoms with van der Waals surface area (Å²) < 4.78 is 24.3. The van der Waals surface area contributed by atoms with E-state index < -0.39 is 0 Å². The van der Waals surface area contributed by atoms with Gasteiger partial charge in [0.2, 0.25) is 0 Å². The molecule has 0 aliphatic carbocycles. The van der Waals surface area contributed by atoms with Crippen molar-refractivity contribution in [3.8, 4) is 11.5 Å². The highest BCUT2D eigenvalue weighted by molar-refractivity contribution is 5.54. The van der Waals surface area contributed by atoms with Gasteiger partial charge >= 0.3 is 0 Å². The van der Waals surface area contributed by atoms with Crippen LogP contribution in [0.3, 0.4) is 0 Å². The van der Waals surface area contributed by atoms with Crippen molar-refractivity contribution in [2.24, 2.45) is 0 Å². The van der Waals surface area contributed by atoms with Crippen LogP contribution in [0, 0.1) is 19.7 Å². The van der Waals surface area contributed by atoms with Gasteiger partial charge in [0.15, 0.2) is 11.6 Å². The minimum atomic E-state index is -0.380. The Labute approximate surface area is 101 Å². The molecule has 0 aromatic heterocycles. The molecule has 4 heteroatoms. The van der Waals surface area contributed by atoms with Crippen LogP contribution in [0.4, 0.5) is 4.39 Å². The Balaban J connectivity index is 3.38. The molecule has 0 saturated heterocycles. The van der Waals surface area contributed by atoms with Crippen molar-refractivity contribution in [2.75, 3.05) is 20.8 Å². The fraction of sp³-hybridized carbons (Fsp3) is 0.538. The predicted molar refractivity (Wildman–Crippen MR) is 64.4 cm³/mol. The average Bonchev–Trinajstić information content (AvgIpc) is 2.33. The zero-order chi connectivity index (χ0) is 13.0. The fourth-order valence-corrected chi connectivity index (χ4v) is 2.04. The molecule has 1 aromatic rings. The Kier molecular flexibility index (Phi) is 4.75. The molecular weight excluding hydrogens is 223 g/mol. The van der Waals surface area contributed by atoms with Gasteiger partial charge in [0.1, 0.15) is 5.75 Å². The first-order valence-electron chi connectivity index (χ1n) is 5.58. The van der Waals surface area contributed by atoms with Crippen LogP contribution in [-0.4, -0.2) is 25.9 Å². The third kappa shape index (κ3) is 2.52. The van der Waals surface area contributed by atoms with Gasteiger partial charge in [-0.1, -0.05) is 0 Å². The Morgan fingerprint density at radius 1 is 1.06 bits per heavy atom. The van der Waals surface area contributed by atoms with E-state index in [1.807, 2.05) is 0 Å². The molecular formula is C13H19FO3. The molecule has 1 N–H and O–H groups in total. The molecule has 0 spiro atoms. The number of rotatable bonds is 5. The SMILES string of the molecule is COc1c(C)c(CCCO)c(OC)c(C)c1F. The summed E-state index contributed by atoms with van der Waals surface area (Å²) >= 11 is 0. The van der Waals surface area contributed by atoms with Gasteiger partial charge in [0, 0.05) is 23.3 Å². The molecule has 0 aliphatic heterocycles. The van der Waals surface area contributed by atoms with E-state index in [9.17, 15) is 4.39 Å². The van der Waals surface area contributed by atoms with Gasteiger partial charge in [-0.3, -0.25) is 0 Å². The van der Waals surface area contributed by atoms with Crippen LogP contribution in [0.5, 0.6) is 11.5 Å². The number of halogens is 1. The highest BCUT2D eigenvalue weighted by atomic mass is 19.1. The average molecular weight is 242 g/mol. The van der Waals surface area contributed by atoms with Crippen molar-refractivity contribution in [3.63, 3.8) is 0 Å². The summed E-state index contributed by atoms with van der Waals surface area (Å²) in [5.74, 6) is 0.431. The van der Waals surface area contributed by atoms with Crippen LogP contribution in [0.1, 0.15) is 23.1 Å². The van der Waals surface area contributed by atoms with E-state index in [2.05, 4.69) is 0 Å². The van der Waals surface area contributed by atoms with E-state index in [0.717, 1.165) is 11.1 Å². The first-order chi connectivity index (χ1) is 8.08. The van der Waals surface area contributed by atoms with Crippen molar-refractivity contribution in [2.45, 2.75) is 26.7 Å². The minimum Gasteiger partial charge on any atom is -0.496 e. The van der Waals surface area contributed by atoms with Crippen molar-refractivity contribution >= 4 is 0 Å². The lowest BCUT2D eigenvalue weighted by Gasteiger charge is -2.18. The fourth-order valence-electron chi connectivity index (χ4n) is 2.04. The van der Waals surface area contributed by atoms with E-state index in [1.165, 1.54) is 14.2 Å². The van der Waals surface area contributed by atoms with E-state index in [1.54, 1.807) is 13.8 Å². The molecule has 1 aromatic carbocycles. The van der Waals surface area contributed by atoms with E-state index >= 15 is 0 Å². The van der Waals surface area contributed by atoms with Crippen LogP contribution in [0.25, 0.3) is 0 Å². The van der Waals surface area contributed by atoms with Crippen molar-refractivity contribution in [3.05, 3.63) is 22.5 Å². The van der Waals surface area contributed by atoms with Gasteiger partial charge in [-0.05, 0) is 26.7 Å². The molecule has 1 rings (SSSR count). The number of hydrogen-bond acceptors (Lipinski definition) is 3. The molecule has 0 heterocycles. The molecule has 0 radical (unpaired) electrons. The number of ether oxygens (including phenoxy) is 2. The lowest BCUT2D eigenvalue weighted by molar-refractivity contribution is 0.287. The number of hydrogen-bond donors (Lipinski definition) is 1. The summed E-state index contributed by atoms with van der Waals surface area (Å²) in [6, 6.07) is 0. The Morgan fingerprint density at radius 3 is 2.12 bits per heavy atom. The summed E-state index contributed by atoms with van der Waals surface area (Å²) in [5.41, 5.74) is 2.08. The molecule has 96 valence electrons. The molecule has 0 saturated carbocycles.